The third-order valence-corrected chi connectivity index (χ3v) is 6.21. The molecule has 134 valence electrons. The van der Waals surface area contributed by atoms with E-state index in [-0.39, 0.29) is 6.10 Å². The molecule has 0 unspecified atom stereocenters. The smallest absolute Gasteiger partial charge is 0.139 e. The van der Waals surface area contributed by atoms with E-state index in [2.05, 4.69) is 52.1 Å². The standard InChI is InChI=1S/C21H29N3O/c1-21(16-6-4-3-5-7-16)11-8-17(9-12-21)23-18-10-15-25-19(18)20-22-13-14-24(20)2/h3-7,13-14,17-19,23H,8-12,15H2,1-2H3/t17?,18-,19-,21?/m0/s1. The van der Waals surface area contributed by atoms with Crippen molar-refractivity contribution < 1.29 is 4.74 Å². The van der Waals surface area contributed by atoms with Crippen LogP contribution in [0.4, 0.5) is 0 Å². The van der Waals surface area contributed by atoms with Gasteiger partial charge in [-0.15, -0.1) is 0 Å². The Hall–Kier alpha value is -1.65. The Kier molecular flexibility index (Phi) is 4.65. The molecule has 4 rings (SSSR count). The van der Waals surface area contributed by atoms with Crippen LogP contribution in [0.25, 0.3) is 0 Å². The van der Waals surface area contributed by atoms with E-state index in [9.17, 15) is 0 Å². The summed E-state index contributed by atoms with van der Waals surface area (Å²) in [7, 11) is 2.05. The van der Waals surface area contributed by atoms with Crippen LogP contribution in [0.1, 0.15) is 56.5 Å². The molecule has 2 aliphatic rings. The van der Waals surface area contributed by atoms with Crippen molar-refractivity contribution >= 4 is 0 Å². The summed E-state index contributed by atoms with van der Waals surface area (Å²) in [6.07, 6.45) is 9.97. The molecule has 25 heavy (non-hydrogen) atoms. The Labute approximate surface area is 150 Å². The van der Waals surface area contributed by atoms with Crippen molar-refractivity contribution in [3.63, 3.8) is 0 Å². The zero-order chi connectivity index (χ0) is 17.3. The molecule has 0 amide bonds. The average molecular weight is 339 g/mol. The fourth-order valence-electron chi connectivity index (χ4n) is 4.52. The van der Waals surface area contributed by atoms with Crippen LogP contribution in [0.5, 0.6) is 0 Å². The third kappa shape index (κ3) is 3.38. The second kappa shape index (κ2) is 6.93. The molecule has 1 N–H and O–H groups in total. The van der Waals surface area contributed by atoms with Gasteiger partial charge in [0.15, 0.2) is 0 Å². The molecule has 1 aliphatic heterocycles. The molecule has 1 aliphatic carbocycles. The number of imidazole rings is 1. The highest BCUT2D eigenvalue weighted by atomic mass is 16.5. The minimum absolute atomic E-state index is 0.0856. The number of nitrogens with zero attached hydrogens (tertiary/aromatic N) is 2. The number of aromatic nitrogens is 2. The van der Waals surface area contributed by atoms with Gasteiger partial charge in [-0.05, 0) is 43.1 Å². The first-order chi connectivity index (χ1) is 12.2. The molecule has 2 heterocycles. The predicted octanol–water partition coefficient (Wildman–Crippen LogP) is 3.74. The van der Waals surface area contributed by atoms with Crippen LogP contribution in [-0.4, -0.2) is 28.2 Å². The van der Waals surface area contributed by atoms with Gasteiger partial charge in [0.2, 0.25) is 0 Å². The number of aryl methyl sites for hydroxylation is 1. The molecule has 1 saturated heterocycles. The number of rotatable bonds is 4. The summed E-state index contributed by atoms with van der Waals surface area (Å²) < 4.78 is 8.08. The van der Waals surface area contributed by atoms with Crippen molar-refractivity contribution in [1.82, 2.24) is 14.9 Å². The normalized spacial score (nSPS) is 32.8. The first kappa shape index (κ1) is 16.8. The van der Waals surface area contributed by atoms with Crippen LogP contribution in [-0.2, 0) is 17.2 Å². The Bertz CT molecular complexity index is 688. The van der Waals surface area contributed by atoms with E-state index in [1.165, 1.54) is 31.2 Å². The van der Waals surface area contributed by atoms with Crippen molar-refractivity contribution in [2.24, 2.45) is 7.05 Å². The number of hydrogen-bond donors (Lipinski definition) is 1. The SMILES string of the molecule is Cn1ccnc1[C@H]1OCC[C@@H]1NC1CCC(C)(c2ccccc2)CC1. The van der Waals surface area contributed by atoms with Crippen LogP contribution in [0, 0.1) is 0 Å². The van der Waals surface area contributed by atoms with Gasteiger partial charge in [0.25, 0.3) is 0 Å². The van der Waals surface area contributed by atoms with Gasteiger partial charge >= 0.3 is 0 Å². The number of hydrogen-bond acceptors (Lipinski definition) is 3. The predicted molar refractivity (Wildman–Crippen MR) is 99.5 cm³/mol. The molecule has 2 aromatic rings. The van der Waals surface area contributed by atoms with Crippen LogP contribution < -0.4 is 5.32 Å². The number of benzene rings is 1. The Morgan fingerprint density at radius 3 is 2.60 bits per heavy atom. The van der Waals surface area contributed by atoms with Gasteiger partial charge in [-0.1, -0.05) is 37.3 Å². The minimum Gasteiger partial charge on any atom is -0.369 e. The van der Waals surface area contributed by atoms with Crippen molar-refractivity contribution in [3.05, 3.63) is 54.1 Å². The molecule has 0 radical (unpaired) electrons. The highest BCUT2D eigenvalue weighted by Gasteiger charge is 2.37. The van der Waals surface area contributed by atoms with E-state index in [1.807, 2.05) is 19.4 Å². The molecular weight excluding hydrogens is 310 g/mol. The number of nitrogens with one attached hydrogen (secondary N) is 1. The maximum absolute atomic E-state index is 6.00. The van der Waals surface area contributed by atoms with Gasteiger partial charge in [0.05, 0.1) is 0 Å². The molecule has 1 aromatic heterocycles. The molecule has 2 atom stereocenters. The van der Waals surface area contributed by atoms with Gasteiger partial charge in [0, 0.05) is 38.1 Å². The highest BCUT2D eigenvalue weighted by molar-refractivity contribution is 5.25. The zero-order valence-electron chi connectivity index (χ0n) is 15.3. The van der Waals surface area contributed by atoms with Gasteiger partial charge in [-0.3, -0.25) is 0 Å². The van der Waals surface area contributed by atoms with Gasteiger partial charge in [-0.2, -0.15) is 0 Å². The van der Waals surface area contributed by atoms with Crippen LogP contribution in [0.3, 0.4) is 0 Å². The fourth-order valence-corrected chi connectivity index (χ4v) is 4.52. The highest BCUT2D eigenvalue weighted by Crippen LogP contribution is 2.39. The number of ether oxygens (including phenoxy) is 1. The van der Waals surface area contributed by atoms with Gasteiger partial charge in [0.1, 0.15) is 11.9 Å². The van der Waals surface area contributed by atoms with Crippen molar-refractivity contribution in [2.75, 3.05) is 6.61 Å². The maximum atomic E-state index is 6.00. The summed E-state index contributed by atoms with van der Waals surface area (Å²) >= 11 is 0. The lowest BCUT2D eigenvalue weighted by Gasteiger charge is -2.39. The second-order valence-corrected chi connectivity index (χ2v) is 7.95. The minimum atomic E-state index is 0.0856. The lowest BCUT2D eigenvalue weighted by Crippen LogP contribution is -2.44. The van der Waals surface area contributed by atoms with E-state index in [0.717, 1.165) is 18.9 Å². The van der Waals surface area contributed by atoms with E-state index < -0.39 is 0 Å². The summed E-state index contributed by atoms with van der Waals surface area (Å²) in [4.78, 5) is 4.50. The van der Waals surface area contributed by atoms with Crippen LogP contribution in [0.2, 0.25) is 0 Å². The van der Waals surface area contributed by atoms with Gasteiger partial charge in [-0.25, -0.2) is 4.98 Å². The molecule has 2 fully saturated rings. The van der Waals surface area contributed by atoms with Crippen molar-refractivity contribution in [3.8, 4) is 0 Å². The summed E-state index contributed by atoms with van der Waals surface area (Å²) in [5.74, 6) is 1.04. The largest absolute Gasteiger partial charge is 0.369 e. The van der Waals surface area contributed by atoms with Gasteiger partial charge < -0.3 is 14.6 Å². The van der Waals surface area contributed by atoms with Crippen LogP contribution in [0.15, 0.2) is 42.7 Å². The third-order valence-electron chi connectivity index (χ3n) is 6.21. The Balaban J connectivity index is 1.38. The lowest BCUT2D eigenvalue weighted by atomic mass is 9.69. The van der Waals surface area contributed by atoms with E-state index >= 15 is 0 Å². The molecular formula is C21H29N3O. The maximum Gasteiger partial charge on any atom is 0.139 e. The summed E-state index contributed by atoms with van der Waals surface area (Å²) in [5.41, 5.74) is 1.81. The lowest BCUT2D eigenvalue weighted by molar-refractivity contribution is 0.0846. The summed E-state index contributed by atoms with van der Waals surface area (Å²) in [6, 6.07) is 12.0. The van der Waals surface area contributed by atoms with E-state index in [4.69, 9.17) is 4.74 Å². The first-order valence-electron chi connectivity index (χ1n) is 9.56. The van der Waals surface area contributed by atoms with Crippen LogP contribution >= 0.6 is 0 Å². The molecule has 0 spiro atoms. The average Bonchev–Trinajstić information content (AvgIpc) is 3.26. The monoisotopic (exact) mass is 339 g/mol. The Morgan fingerprint density at radius 1 is 1.16 bits per heavy atom. The molecule has 0 bridgehead atoms. The zero-order valence-corrected chi connectivity index (χ0v) is 15.3. The molecule has 1 saturated carbocycles. The van der Waals surface area contributed by atoms with E-state index in [0.29, 0.717) is 17.5 Å². The summed E-state index contributed by atoms with van der Waals surface area (Å²) in [6.45, 7) is 3.25. The molecule has 1 aromatic carbocycles. The van der Waals surface area contributed by atoms with Crippen molar-refractivity contribution in [1.29, 1.82) is 0 Å². The molecule has 4 heteroatoms. The molecule has 4 nitrogen and oxygen atoms in total. The summed E-state index contributed by atoms with van der Waals surface area (Å²) in [5, 5.41) is 3.89. The topological polar surface area (TPSA) is 39.1 Å². The Morgan fingerprint density at radius 2 is 1.92 bits per heavy atom. The van der Waals surface area contributed by atoms with Crippen molar-refractivity contribution in [2.45, 2.75) is 62.6 Å². The fraction of sp³-hybridized carbons (Fsp3) is 0.571. The first-order valence-corrected chi connectivity index (χ1v) is 9.56. The quantitative estimate of drug-likeness (QED) is 0.922. The second-order valence-electron chi connectivity index (χ2n) is 7.95. The van der Waals surface area contributed by atoms with E-state index in [1.54, 1.807) is 0 Å².